The molecule has 38 heavy (non-hydrogen) atoms. The lowest BCUT2D eigenvalue weighted by Gasteiger charge is -2.44. The number of anilines is 1. The van der Waals surface area contributed by atoms with Gasteiger partial charge in [0.2, 0.25) is 5.52 Å². The third-order valence-corrected chi connectivity index (χ3v) is 7.02. The Morgan fingerprint density at radius 2 is 1.92 bits per heavy atom. The molecule has 1 saturated heterocycles. The molecule has 3 aromatic heterocycles. The van der Waals surface area contributed by atoms with Crippen molar-refractivity contribution in [2.24, 2.45) is 7.05 Å². The lowest BCUT2D eigenvalue weighted by atomic mass is 9.98. The molecule has 0 bridgehead atoms. The number of rotatable bonds is 4. The second-order valence-corrected chi connectivity index (χ2v) is 9.36. The molecule has 1 aromatic carbocycles. The molecule has 4 heterocycles. The van der Waals surface area contributed by atoms with Crippen LogP contribution in [0.2, 0.25) is 0 Å². The van der Waals surface area contributed by atoms with Crippen molar-refractivity contribution in [3.05, 3.63) is 98.9 Å². The second kappa shape index (κ2) is 10.0. The summed E-state index contributed by atoms with van der Waals surface area (Å²) < 4.78 is 15.2. The van der Waals surface area contributed by atoms with Crippen LogP contribution in [0.25, 0.3) is 15.9 Å². The summed E-state index contributed by atoms with van der Waals surface area (Å²) >= 11 is 0. The number of aryl methyl sites for hydroxylation is 2. The van der Waals surface area contributed by atoms with Crippen LogP contribution in [0.5, 0.6) is 0 Å². The summed E-state index contributed by atoms with van der Waals surface area (Å²) in [5.74, 6) is 0.536. The smallest absolute Gasteiger partial charge is 0.271 e. The minimum Gasteiger partial charge on any atom is -0.364 e. The number of nitrogens with zero attached hydrogens (tertiary/aromatic N) is 8. The monoisotopic (exact) mass is 508 g/mol. The molecule has 0 amide bonds. The van der Waals surface area contributed by atoms with E-state index in [9.17, 15) is 14.4 Å². The maximum atomic E-state index is 13.8. The SMILES string of the molecule is [C-]#[N+]c1ccc2c(n1)c(N1CCN(C(c3ccc(F)cc3)c3ccnc(C)n3)[C@H](C)C1)c(C#N)c(=O)n2C. The minimum absolute atomic E-state index is 0.0109. The molecule has 1 fully saturated rings. The number of fused-ring (bicyclic) bond motifs is 1. The number of benzene rings is 1. The van der Waals surface area contributed by atoms with Crippen molar-refractivity contribution in [2.45, 2.75) is 25.9 Å². The second-order valence-electron chi connectivity index (χ2n) is 9.36. The Bertz CT molecular complexity index is 1670. The van der Waals surface area contributed by atoms with Crippen molar-refractivity contribution in [1.82, 2.24) is 24.4 Å². The van der Waals surface area contributed by atoms with E-state index in [-0.39, 0.29) is 29.3 Å². The van der Waals surface area contributed by atoms with Crippen LogP contribution >= 0.6 is 0 Å². The Balaban J connectivity index is 1.57. The van der Waals surface area contributed by atoms with Crippen LogP contribution in [0.4, 0.5) is 15.9 Å². The topological polar surface area (TPSA) is 95.3 Å². The first-order chi connectivity index (χ1) is 18.3. The average molecular weight is 509 g/mol. The number of pyridine rings is 2. The van der Waals surface area contributed by atoms with Gasteiger partial charge in [0.05, 0.1) is 17.3 Å². The molecule has 0 N–H and O–H groups in total. The molecule has 190 valence electrons. The molecule has 0 saturated carbocycles. The summed E-state index contributed by atoms with van der Waals surface area (Å²) in [6.45, 7) is 12.9. The van der Waals surface area contributed by atoms with Gasteiger partial charge < -0.3 is 14.3 Å². The van der Waals surface area contributed by atoms with Gasteiger partial charge in [0.25, 0.3) is 11.4 Å². The first-order valence-electron chi connectivity index (χ1n) is 12.2. The Labute approximate surface area is 219 Å². The van der Waals surface area contributed by atoms with Gasteiger partial charge in [-0.05, 0) is 49.7 Å². The van der Waals surface area contributed by atoms with Crippen LogP contribution in [0, 0.1) is 30.6 Å². The Hall–Kier alpha value is -4.67. The summed E-state index contributed by atoms with van der Waals surface area (Å²) in [6.07, 6.45) is 1.72. The van der Waals surface area contributed by atoms with Gasteiger partial charge in [0.15, 0.2) is 0 Å². The molecule has 0 aliphatic carbocycles. The largest absolute Gasteiger partial charge is 0.364 e. The van der Waals surface area contributed by atoms with E-state index in [1.54, 1.807) is 37.5 Å². The van der Waals surface area contributed by atoms with E-state index in [1.807, 2.05) is 17.9 Å². The maximum Gasteiger partial charge on any atom is 0.271 e. The number of halogens is 1. The highest BCUT2D eigenvalue weighted by atomic mass is 19.1. The van der Waals surface area contributed by atoms with Gasteiger partial charge in [-0.25, -0.2) is 14.4 Å². The van der Waals surface area contributed by atoms with E-state index in [1.165, 1.54) is 16.7 Å². The molecule has 10 heteroatoms. The van der Waals surface area contributed by atoms with Gasteiger partial charge in [-0.15, -0.1) is 4.98 Å². The van der Waals surface area contributed by atoms with E-state index >= 15 is 0 Å². The first kappa shape index (κ1) is 25.0. The molecule has 9 nitrogen and oxygen atoms in total. The first-order valence-corrected chi connectivity index (χ1v) is 12.2. The van der Waals surface area contributed by atoms with Gasteiger partial charge in [-0.1, -0.05) is 18.7 Å². The Morgan fingerprint density at radius 3 is 2.58 bits per heavy atom. The zero-order valence-corrected chi connectivity index (χ0v) is 21.3. The maximum absolute atomic E-state index is 13.8. The fourth-order valence-corrected chi connectivity index (χ4v) is 5.22. The number of hydrogen-bond donors (Lipinski definition) is 0. The summed E-state index contributed by atoms with van der Waals surface area (Å²) in [7, 11) is 1.60. The predicted molar refractivity (Wildman–Crippen MR) is 141 cm³/mol. The van der Waals surface area contributed by atoms with Crippen LogP contribution < -0.4 is 10.5 Å². The highest BCUT2D eigenvalue weighted by Crippen LogP contribution is 2.35. The van der Waals surface area contributed by atoms with Gasteiger partial charge in [-0.2, -0.15) is 5.26 Å². The van der Waals surface area contributed by atoms with E-state index in [4.69, 9.17) is 6.57 Å². The number of nitriles is 1. The predicted octanol–water partition coefficient (Wildman–Crippen LogP) is 3.89. The van der Waals surface area contributed by atoms with E-state index < -0.39 is 5.56 Å². The number of aromatic nitrogens is 4. The molecular formula is C28H25FN8O. The fourth-order valence-electron chi connectivity index (χ4n) is 5.22. The normalized spacial score (nSPS) is 16.7. The van der Waals surface area contributed by atoms with E-state index in [0.29, 0.717) is 42.2 Å². The van der Waals surface area contributed by atoms with Crippen molar-refractivity contribution < 1.29 is 4.39 Å². The van der Waals surface area contributed by atoms with E-state index in [0.717, 1.165) is 11.3 Å². The minimum atomic E-state index is -0.400. The van der Waals surface area contributed by atoms with Crippen LogP contribution in [0.1, 0.15) is 35.6 Å². The van der Waals surface area contributed by atoms with Crippen LogP contribution in [-0.4, -0.2) is 50.1 Å². The number of hydrogen-bond acceptors (Lipinski definition) is 7. The Morgan fingerprint density at radius 1 is 1.16 bits per heavy atom. The molecule has 0 spiro atoms. The third kappa shape index (κ3) is 4.36. The average Bonchev–Trinajstić information content (AvgIpc) is 2.92. The molecule has 0 radical (unpaired) electrons. The molecule has 2 atom stereocenters. The van der Waals surface area contributed by atoms with Gasteiger partial charge in [0, 0.05) is 38.9 Å². The summed E-state index contributed by atoms with van der Waals surface area (Å²) in [4.78, 5) is 34.3. The lowest BCUT2D eigenvalue weighted by molar-refractivity contribution is 0.147. The lowest BCUT2D eigenvalue weighted by Crippen LogP contribution is -2.54. The highest BCUT2D eigenvalue weighted by Gasteiger charge is 2.35. The fraction of sp³-hybridized carbons (Fsp3) is 0.286. The molecule has 1 aliphatic heterocycles. The standard InChI is InChI=1S/C28H25FN8O/c1-17-16-36(27-21(15-30)28(38)35(4)23-9-10-24(31-3)34-25(23)27)13-14-37(17)26(19-5-7-20(29)8-6-19)22-11-12-32-18(2)33-22/h5-12,17,26H,13-14,16H2,1-2,4H3/t17-,26?/m1/s1. The van der Waals surface area contributed by atoms with E-state index in [2.05, 4.69) is 37.7 Å². The van der Waals surface area contributed by atoms with Gasteiger partial charge >= 0.3 is 0 Å². The van der Waals surface area contributed by atoms with Gasteiger partial charge in [-0.3, -0.25) is 9.69 Å². The van der Waals surface area contributed by atoms with Crippen LogP contribution in [0.15, 0.2) is 53.5 Å². The number of piperazine rings is 1. The third-order valence-electron chi connectivity index (χ3n) is 7.02. The van der Waals surface area contributed by atoms with Crippen molar-refractivity contribution in [3.63, 3.8) is 0 Å². The van der Waals surface area contributed by atoms with Gasteiger partial charge in [0.1, 0.15) is 29.0 Å². The van der Waals surface area contributed by atoms with Crippen molar-refractivity contribution in [1.29, 1.82) is 5.26 Å². The summed E-state index contributed by atoms with van der Waals surface area (Å²) in [5, 5.41) is 9.96. The molecule has 1 aliphatic rings. The summed E-state index contributed by atoms with van der Waals surface area (Å²) in [6, 6.07) is 13.4. The van der Waals surface area contributed by atoms with Crippen LogP contribution in [-0.2, 0) is 7.05 Å². The highest BCUT2D eigenvalue weighted by molar-refractivity contribution is 5.92. The Kier molecular flexibility index (Phi) is 6.58. The zero-order valence-electron chi connectivity index (χ0n) is 21.3. The molecule has 5 rings (SSSR count). The van der Waals surface area contributed by atoms with Crippen molar-refractivity contribution >= 4 is 22.5 Å². The quantitative estimate of drug-likeness (QED) is 0.386. The summed E-state index contributed by atoms with van der Waals surface area (Å²) in [5.41, 5.74) is 2.81. The zero-order chi connectivity index (χ0) is 27.0. The van der Waals surface area contributed by atoms with Crippen molar-refractivity contribution in [2.75, 3.05) is 24.5 Å². The van der Waals surface area contributed by atoms with Crippen LogP contribution in [0.3, 0.4) is 0 Å². The van der Waals surface area contributed by atoms with Crippen molar-refractivity contribution in [3.8, 4) is 6.07 Å². The molecule has 4 aromatic rings. The molecule has 1 unspecified atom stereocenters. The molecular weight excluding hydrogens is 483 g/mol.